The highest BCUT2D eigenvalue weighted by molar-refractivity contribution is 5.32. The number of hydrogen-bond donors (Lipinski definition) is 1. The summed E-state index contributed by atoms with van der Waals surface area (Å²) in [5, 5.41) is 3.13. The van der Waals surface area contributed by atoms with Gasteiger partial charge in [0.15, 0.2) is 0 Å². The van der Waals surface area contributed by atoms with Crippen LogP contribution in [-0.4, -0.2) is 22.6 Å². The Balaban J connectivity index is 2.76. The molecule has 0 aliphatic carbocycles. The van der Waals surface area contributed by atoms with Crippen LogP contribution in [0.5, 0.6) is 5.88 Å². The number of aromatic nitrogens is 2. The van der Waals surface area contributed by atoms with Crippen LogP contribution in [0, 0.1) is 6.92 Å². The van der Waals surface area contributed by atoms with Gasteiger partial charge in [0.2, 0.25) is 11.8 Å². The van der Waals surface area contributed by atoms with Crippen LogP contribution < -0.4 is 10.1 Å². The second kappa shape index (κ2) is 6.10. The molecule has 4 nitrogen and oxygen atoms in total. The molecule has 0 aliphatic heterocycles. The lowest BCUT2D eigenvalue weighted by Crippen LogP contribution is -2.14. The Morgan fingerprint density at radius 2 is 2.31 bits per heavy atom. The zero-order valence-corrected chi connectivity index (χ0v) is 10.2. The first-order valence-electron chi connectivity index (χ1n) is 5.53. The van der Waals surface area contributed by atoms with E-state index in [0.29, 0.717) is 18.4 Å². The largest absolute Gasteiger partial charge is 0.478 e. The van der Waals surface area contributed by atoms with E-state index < -0.39 is 0 Å². The van der Waals surface area contributed by atoms with Gasteiger partial charge in [0.1, 0.15) is 0 Å². The van der Waals surface area contributed by atoms with Crippen LogP contribution in [0.15, 0.2) is 18.7 Å². The van der Waals surface area contributed by atoms with Crippen LogP contribution >= 0.6 is 0 Å². The zero-order chi connectivity index (χ0) is 12.0. The third kappa shape index (κ3) is 3.88. The van der Waals surface area contributed by atoms with Gasteiger partial charge >= 0.3 is 0 Å². The molecule has 0 amide bonds. The molecule has 1 N–H and O–H groups in total. The van der Waals surface area contributed by atoms with Gasteiger partial charge in [-0.1, -0.05) is 13.0 Å². The van der Waals surface area contributed by atoms with Gasteiger partial charge in [0.05, 0.1) is 6.61 Å². The van der Waals surface area contributed by atoms with E-state index >= 15 is 0 Å². The average molecular weight is 221 g/mol. The van der Waals surface area contributed by atoms with Crippen LogP contribution in [0.3, 0.4) is 0 Å². The molecule has 1 heterocycles. The first-order chi connectivity index (χ1) is 7.65. The lowest BCUT2D eigenvalue weighted by molar-refractivity contribution is 0.305. The van der Waals surface area contributed by atoms with Crippen molar-refractivity contribution in [1.82, 2.24) is 9.97 Å². The summed E-state index contributed by atoms with van der Waals surface area (Å²) in [6, 6.07) is 1.97. The summed E-state index contributed by atoms with van der Waals surface area (Å²) >= 11 is 0. The Morgan fingerprint density at radius 3 is 2.94 bits per heavy atom. The molecule has 0 fully saturated rings. The van der Waals surface area contributed by atoms with E-state index in [9.17, 15) is 0 Å². The summed E-state index contributed by atoms with van der Waals surface area (Å²) in [5.41, 5.74) is 0.889. The second-order valence-corrected chi connectivity index (χ2v) is 3.69. The van der Waals surface area contributed by atoms with Gasteiger partial charge in [-0.25, -0.2) is 4.98 Å². The standard InChI is InChI=1S/C12H19N3O/c1-5-7-16-11-8-10(4)14-12(15-11)13-9(3)6-2/h6,8-9H,2,5,7H2,1,3-4H3,(H,13,14,15). The predicted molar refractivity (Wildman–Crippen MR) is 65.8 cm³/mol. The highest BCUT2D eigenvalue weighted by Gasteiger charge is 2.04. The van der Waals surface area contributed by atoms with Crippen LogP contribution in [0.4, 0.5) is 5.95 Å². The summed E-state index contributed by atoms with van der Waals surface area (Å²) in [5.74, 6) is 1.20. The summed E-state index contributed by atoms with van der Waals surface area (Å²) in [6.45, 7) is 10.4. The lowest BCUT2D eigenvalue weighted by atomic mass is 10.3. The van der Waals surface area contributed by atoms with Gasteiger partial charge in [0, 0.05) is 17.8 Å². The molecule has 0 spiro atoms. The SMILES string of the molecule is C=CC(C)Nc1nc(C)cc(OCCC)n1. The number of rotatable bonds is 6. The normalized spacial score (nSPS) is 11.9. The van der Waals surface area contributed by atoms with Crippen molar-refractivity contribution in [1.29, 1.82) is 0 Å². The Bertz CT molecular complexity index is 352. The van der Waals surface area contributed by atoms with E-state index in [1.165, 1.54) is 0 Å². The molecule has 0 bridgehead atoms. The van der Waals surface area contributed by atoms with Crippen molar-refractivity contribution in [2.24, 2.45) is 0 Å². The minimum Gasteiger partial charge on any atom is -0.478 e. The molecule has 0 saturated heterocycles. The molecule has 1 atom stereocenters. The molecule has 0 aromatic carbocycles. The molecule has 0 radical (unpaired) electrons. The number of aryl methyl sites for hydroxylation is 1. The maximum absolute atomic E-state index is 5.47. The van der Waals surface area contributed by atoms with Crippen molar-refractivity contribution < 1.29 is 4.74 Å². The third-order valence-corrected chi connectivity index (χ3v) is 2.00. The molecule has 1 aromatic rings. The van der Waals surface area contributed by atoms with Crippen molar-refractivity contribution in [3.05, 3.63) is 24.4 Å². The highest BCUT2D eigenvalue weighted by Crippen LogP contribution is 2.12. The maximum Gasteiger partial charge on any atom is 0.226 e. The van der Waals surface area contributed by atoms with Gasteiger partial charge in [0.25, 0.3) is 0 Å². The number of nitrogens with one attached hydrogen (secondary N) is 1. The topological polar surface area (TPSA) is 47.0 Å². The average Bonchev–Trinajstić information content (AvgIpc) is 2.25. The quantitative estimate of drug-likeness (QED) is 0.750. The van der Waals surface area contributed by atoms with Crippen molar-refractivity contribution >= 4 is 5.95 Å². The molecule has 16 heavy (non-hydrogen) atoms. The fraction of sp³-hybridized carbons (Fsp3) is 0.500. The van der Waals surface area contributed by atoms with E-state index in [1.54, 1.807) is 6.08 Å². The Kier molecular flexibility index (Phi) is 4.76. The monoisotopic (exact) mass is 221 g/mol. The number of hydrogen-bond acceptors (Lipinski definition) is 4. The third-order valence-electron chi connectivity index (χ3n) is 2.00. The minimum atomic E-state index is 0.140. The number of nitrogens with zero attached hydrogens (tertiary/aromatic N) is 2. The molecule has 1 rings (SSSR count). The summed E-state index contributed by atoms with van der Waals surface area (Å²) in [6.07, 6.45) is 2.77. The Morgan fingerprint density at radius 1 is 1.56 bits per heavy atom. The van der Waals surface area contributed by atoms with Gasteiger partial charge in [-0.2, -0.15) is 4.98 Å². The highest BCUT2D eigenvalue weighted by atomic mass is 16.5. The van der Waals surface area contributed by atoms with Gasteiger partial charge < -0.3 is 10.1 Å². The molecule has 1 unspecified atom stereocenters. The summed E-state index contributed by atoms with van der Waals surface area (Å²) in [7, 11) is 0. The zero-order valence-electron chi connectivity index (χ0n) is 10.2. The molecule has 1 aromatic heterocycles. The van der Waals surface area contributed by atoms with Crippen molar-refractivity contribution in [2.45, 2.75) is 33.2 Å². The molecular formula is C12H19N3O. The smallest absolute Gasteiger partial charge is 0.226 e. The fourth-order valence-corrected chi connectivity index (χ4v) is 1.15. The van der Waals surface area contributed by atoms with Crippen molar-refractivity contribution in [2.75, 3.05) is 11.9 Å². The van der Waals surface area contributed by atoms with Gasteiger partial charge in [-0.15, -0.1) is 6.58 Å². The van der Waals surface area contributed by atoms with E-state index in [2.05, 4.69) is 28.8 Å². The predicted octanol–water partition coefficient (Wildman–Crippen LogP) is 2.56. The van der Waals surface area contributed by atoms with Crippen LogP contribution in [0.2, 0.25) is 0 Å². The molecular weight excluding hydrogens is 202 g/mol. The first kappa shape index (κ1) is 12.5. The van der Waals surface area contributed by atoms with Crippen molar-refractivity contribution in [3.8, 4) is 5.88 Å². The van der Waals surface area contributed by atoms with E-state index in [1.807, 2.05) is 19.9 Å². The Hall–Kier alpha value is -1.58. The van der Waals surface area contributed by atoms with E-state index in [4.69, 9.17) is 4.74 Å². The summed E-state index contributed by atoms with van der Waals surface area (Å²) < 4.78 is 5.47. The van der Waals surface area contributed by atoms with Crippen LogP contribution in [0.1, 0.15) is 26.0 Å². The summed E-state index contributed by atoms with van der Waals surface area (Å²) in [4.78, 5) is 8.55. The Labute approximate surface area is 96.8 Å². The fourth-order valence-electron chi connectivity index (χ4n) is 1.15. The molecule has 0 aliphatic rings. The minimum absolute atomic E-state index is 0.140. The van der Waals surface area contributed by atoms with Crippen LogP contribution in [-0.2, 0) is 0 Å². The maximum atomic E-state index is 5.47. The van der Waals surface area contributed by atoms with Gasteiger partial charge in [-0.05, 0) is 20.3 Å². The number of anilines is 1. The molecule has 0 saturated carbocycles. The van der Waals surface area contributed by atoms with Crippen molar-refractivity contribution in [3.63, 3.8) is 0 Å². The van der Waals surface area contributed by atoms with E-state index in [-0.39, 0.29) is 6.04 Å². The first-order valence-corrected chi connectivity index (χ1v) is 5.53. The second-order valence-electron chi connectivity index (χ2n) is 3.69. The molecule has 88 valence electrons. The lowest BCUT2D eigenvalue weighted by Gasteiger charge is -2.11. The van der Waals surface area contributed by atoms with Crippen LogP contribution in [0.25, 0.3) is 0 Å². The van der Waals surface area contributed by atoms with E-state index in [0.717, 1.165) is 12.1 Å². The van der Waals surface area contributed by atoms with Gasteiger partial charge in [-0.3, -0.25) is 0 Å². The molecule has 4 heteroatoms. The number of ether oxygens (including phenoxy) is 1.